The molecule has 0 saturated heterocycles. The van der Waals surface area contributed by atoms with Crippen molar-refractivity contribution in [1.82, 2.24) is 28.7 Å². The molecular formula is C62H80N10O8S4. The largest absolute Gasteiger partial charge is 0.377 e. The number of nitrogens with one attached hydrogen (secondary N) is 4. The van der Waals surface area contributed by atoms with Crippen molar-refractivity contribution in [1.29, 1.82) is 0 Å². The van der Waals surface area contributed by atoms with Crippen LogP contribution in [0.5, 0.6) is 0 Å². The monoisotopic (exact) mass is 1220 g/mol. The van der Waals surface area contributed by atoms with Gasteiger partial charge in [0.05, 0.1) is 19.6 Å². The molecule has 0 amide bonds. The first-order valence-corrected chi connectivity index (χ1v) is 34.1. The van der Waals surface area contributed by atoms with Crippen molar-refractivity contribution < 1.29 is 33.7 Å². The van der Waals surface area contributed by atoms with Crippen molar-refractivity contribution in [3.8, 4) is 0 Å². The van der Waals surface area contributed by atoms with Gasteiger partial charge in [0.2, 0.25) is 40.1 Å². The summed E-state index contributed by atoms with van der Waals surface area (Å²) in [6.45, 7) is 3.34. The number of nitrogens with zero attached hydrogens (tertiary/aromatic N) is 6. The van der Waals surface area contributed by atoms with Gasteiger partial charge in [-0.25, -0.2) is 52.6 Å². The fraction of sp³-hybridized carbons (Fsp3) is 0.355. The van der Waals surface area contributed by atoms with Crippen LogP contribution in [0.3, 0.4) is 0 Å². The smallest absolute Gasteiger partial charge is 0.241 e. The number of hydrogen-bond acceptors (Lipinski definition) is 14. The predicted molar refractivity (Wildman–Crippen MR) is 345 cm³/mol. The van der Waals surface area contributed by atoms with Crippen molar-refractivity contribution in [3.63, 3.8) is 0 Å². The van der Waals surface area contributed by atoms with Gasteiger partial charge in [-0.1, -0.05) is 97.1 Å². The Hall–Kier alpha value is -6.44. The third-order valence-corrected chi connectivity index (χ3v) is 21.1. The van der Waals surface area contributed by atoms with Crippen molar-refractivity contribution in [3.05, 3.63) is 146 Å². The maximum atomic E-state index is 14.0. The van der Waals surface area contributed by atoms with E-state index in [1.807, 2.05) is 173 Å². The van der Waals surface area contributed by atoms with Gasteiger partial charge in [0, 0.05) is 161 Å². The van der Waals surface area contributed by atoms with E-state index in [1.54, 1.807) is 48.5 Å². The number of rotatable bonds is 31. The Morgan fingerprint density at radius 2 is 0.452 bits per heavy atom. The molecule has 8 aromatic carbocycles. The Balaban J connectivity index is 0.985. The van der Waals surface area contributed by atoms with Crippen LogP contribution in [0.15, 0.2) is 165 Å². The van der Waals surface area contributed by atoms with E-state index >= 15 is 0 Å². The fourth-order valence-electron chi connectivity index (χ4n) is 10.9. The highest BCUT2D eigenvalue weighted by molar-refractivity contribution is 7.90. The van der Waals surface area contributed by atoms with Crippen LogP contribution in [0.25, 0.3) is 43.1 Å². The summed E-state index contributed by atoms with van der Waals surface area (Å²) >= 11 is 0. The lowest BCUT2D eigenvalue weighted by Crippen LogP contribution is -2.40. The Bertz CT molecular complexity index is 3550. The van der Waals surface area contributed by atoms with E-state index in [0.29, 0.717) is 86.5 Å². The first-order chi connectivity index (χ1) is 40.0. The molecule has 22 heteroatoms. The number of benzene rings is 8. The van der Waals surface area contributed by atoms with E-state index in [1.165, 1.54) is 0 Å². The van der Waals surface area contributed by atoms with E-state index in [-0.39, 0.29) is 45.8 Å². The Labute approximate surface area is 497 Å². The van der Waals surface area contributed by atoms with Gasteiger partial charge in [0.15, 0.2) is 0 Å². The molecular weight excluding hydrogens is 1140 g/mol. The topological polar surface area (TPSA) is 204 Å². The van der Waals surface area contributed by atoms with Crippen molar-refractivity contribution in [2.75, 3.05) is 141 Å². The zero-order chi connectivity index (χ0) is 60.4. The van der Waals surface area contributed by atoms with Crippen LogP contribution in [-0.4, -0.2) is 165 Å². The van der Waals surface area contributed by atoms with Gasteiger partial charge in [0.25, 0.3) is 0 Å². The Morgan fingerprint density at radius 3 is 0.655 bits per heavy atom. The standard InChI is InChI=1S/C62H80N10O8S4/c1-67(2)55-29-9-25-51-47(55)21-13-33-59(51)81(73,74)63-37-17-41-71(42-18-38-64-82(75,76)60-34-14-22-48-52(60)26-10-30-56(48)68(3)4)45-46-72(43-19-39-65-83(77,78)61-35-15-23-49-53(61)27-11-31-57(49)69(5)6)44-20-40-66-84(79,80)62-36-16-24-50-54(62)28-12-32-58(50)70(7)8/h9-16,21-36,63-66H,17-20,37-46H2,1-8H3. The highest BCUT2D eigenvalue weighted by Crippen LogP contribution is 2.34. The van der Waals surface area contributed by atoms with Crippen molar-refractivity contribution in [2.45, 2.75) is 45.3 Å². The first kappa shape index (κ1) is 63.6. The minimum absolute atomic E-state index is 0.134. The van der Waals surface area contributed by atoms with E-state index in [4.69, 9.17) is 0 Å². The van der Waals surface area contributed by atoms with Gasteiger partial charge in [-0.15, -0.1) is 0 Å². The maximum absolute atomic E-state index is 14.0. The van der Waals surface area contributed by atoms with Gasteiger partial charge < -0.3 is 29.4 Å². The second-order valence-electron chi connectivity index (χ2n) is 21.8. The predicted octanol–water partition coefficient (Wildman–Crippen LogP) is 7.94. The fourth-order valence-corrected chi connectivity index (χ4v) is 16.0. The van der Waals surface area contributed by atoms with Crippen LogP contribution < -0.4 is 38.5 Å². The minimum atomic E-state index is -3.93. The molecule has 0 fully saturated rings. The molecule has 450 valence electrons. The molecule has 0 atom stereocenters. The summed E-state index contributed by atoms with van der Waals surface area (Å²) in [5.74, 6) is 0. The quantitative estimate of drug-likeness (QED) is 0.0305. The van der Waals surface area contributed by atoms with Crippen LogP contribution in [-0.2, 0) is 40.1 Å². The number of fused-ring (bicyclic) bond motifs is 4. The summed E-state index contributed by atoms with van der Waals surface area (Å²) in [5.41, 5.74) is 3.59. The van der Waals surface area contributed by atoms with Gasteiger partial charge in [-0.3, -0.25) is 0 Å². The zero-order valence-corrected chi connectivity index (χ0v) is 52.6. The van der Waals surface area contributed by atoms with Crippen LogP contribution in [0.4, 0.5) is 22.7 Å². The lowest BCUT2D eigenvalue weighted by molar-refractivity contribution is 0.198. The van der Waals surface area contributed by atoms with Crippen LogP contribution in [0, 0.1) is 0 Å². The van der Waals surface area contributed by atoms with Crippen LogP contribution in [0.2, 0.25) is 0 Å². The lowest BCUT2D eigenvalue weighted by atomic mass is 10.1. The molecule has 4 N–H and O–H groups in total. The summed E-state index contributed by atoms with van der Waals surface area (Å²) in [5, 5.41) is 5.72. The number of hydrogen-bond donors (Lipinski definition) is 4. The van der Waals surface area contributed by atoms with E-state index < -0.39 is 40.1 Å². The first-order valence-electron chi connectivity index (χ1n) is 28.2. The second kappa shape index (κ2) is 27.7. The maximum Gasteiger partial charge on any atom is 0.241 e. The zero-order valence-electron chi connectivity index (χ0n) is 49.3. The van der Waals surface area contributed by atoms with Gasteiger partial charge in [0.1, 0.15) is 0 Å². The molecule has 0 bridgehead atoms. The van der Waals surface area contributed by atoms with Crippen molar-refractivity contribution in [2.24, 2.45) is 0 Å². The molecule has 0 aromatic heterocycles. The average Bonchev–Trinajstić information content (AvgIpc) is 1.50. The van der Waals surface area contributed by atoms with Gasteiger partial charge in [-0.05, 0) is 100 Å². The summed E-state index contributed by atoms with van der Waals surface area (Å²) in [6, 6.07) is 43.4. The molecule has 0 spiro atoms. The third kappa shape index (κ3) is 15.1. The SMILES string of the molecule is CN(C)c1cccc2c(S(=O)(=O)NCCCN(CCCNS(=O)(=O)c3cccc4c(N(C)C)cccc34)CCN(CCCNS(=O)(=O)c3cccc4c(N(C)C)cccc34)CCCNS(=O)(=O)c3cccc4c(N(C)C)cccc34)cccc12. The molecule has 0 saturated carbocycles. The highest BCUT2D eigenvalue weighted by Gasteiger charge is 2.24. The van der Waals surface area contributed by atoms with Crippen LogP contribution >= 0.6 is 0 Å². The van der Waals surface area contributed by atoms with Crippen molar-refractivity contribution >= 4 is 106 Å². The third-order valence-electron chi connectivity index (χ3n) is 15.0. The summed E-state index contributed by atoms with van der Waals surface area (Å²) < 4.78 is 123. The number of anilines is 4. The molecule has 84 heavy (non-hydrogen) atoms. The van der Waals surface area contributed by atoms with E-state index in [9.17, 15) is 33.7 Å². The van der Waals surface area contributed by atoms with Crippen LogP contribution in [0.1, 0.15) is 25.7 Å². The average molecular weight is 1220 g/mol. The molecule has 0 aliphatic heterocycles. The molecule has 18 nitrogen and oxygen atoms in total. The molecule has 0 aliphatic carbocycles. The second-order valence-corrected chi connectivity index (χ2v) is 28.7. The minimum Gasteiger partial charge on any atom is -0.377 e. The molecule has 0 aliphatic rings. The molecule has 0 radical (unpaired) electrons. The summed E-state index contributed by atoms with van der Waals surface area (Å²) in [4.78, 5) is 12.9. The Morgan fingerprint density at radius 1 is 0.262 bits per heavy atom. The molecule has 8 rings (SSSR count). The van der Waals surface area contributed by atoms with E-state index in [2.05, 4.69) is 28.7 Å². The normalized spacial score (nSPS) is 12.5. The summed E-state index contributed by atoms with van der Waals surface area (Å²) in [6.07, 6.45) is 1.73. The van der Waals surface area contributed by atoms with E-state index in [0.717, 1.165) is 44.3 Å². The number of sulfonamides is 4. The Kier molecular flexibility index (Phi) is 21.0. The molecule has 0 heterocycles. The summed E-state index contributed by atoms with van der Waals surface area (Å²) in [7, 11) is -0.408. The molecule has 8 aromatic rings. The van der Waals surface area contributed by atoms with Gasteiger partial charge >= 0.3 is 0 Å². The lowest BCUT2D eigenvalue weighted by Gasteiger charge is -2.28. The highest BCUT2D eigenvalue weighted by atomic mass is 32.2. The molecule has 0 unspecified atom stereocenters. The van der Waals surface area contributed by atoms with Gasteiger partial charge in [-0.2, -0.15) is 0 Å².